The molecule has 1 N–H and O–H groups in total. The topological polar surface area (TPSA) is 12.0 Å². The van der Waals surface area contributed by atoms with Crippen LogP contribution < -0.4 is 5.32 Å². The van der Waals surface area contributed by atoms with Crippen LogP contribution in [-0.4, -0.2) is 13.0 Å². The Balaban J connectivity index is 1.81. The fraction of sp³-hybridized carbons (Fsp3) is 0.500. The van der Waals surface area contributed by atoms with Crippen molar-refractivity contribution in [1.82, 2.24) is 5.32 Å². The van der Waals surface area contributed by atoms with Crippen LogP contribution in [0.15, 0.2) is 24.3 Å². The van der Waals surface area contributed by atoms with Crippen molar-refractivity contribution in [1.29, 1.82) is 0 Å². The number of alkyl halides is 2. The first kappa shape index (κ1) is 10.6. The van der Waals surface area contributed by atoms with Gasteiger partial charge in [-0.2, -0.15) is 0 Å². The lowest BCUT2D eigenvalue weighted by atomic mass is 10.1. The standard InChI is InChI=1S/C12H15F2N/c13-12(14)8-15-7-9-1-3-10(4-2-9)11-5-6-11/h1-4,11-12,15H,5-8H2. The predicted octanol–water partition coefficient (Wildman–Crippen LogP) is 2.92. The zero-order valence-corrected chi connectivity index (χ0v) is 8.55. The summed E-state index contributed by atoms with van der Waals surface area (Å²) < 4.78 is 23.7. The predicted molar refractivity (Wildman–Crippen MR) is 56.1 cm³/mol. The molecule has 0 aliphatic heterocycles. The smallest absolute Gasteiger partial charge is 0.250 e. The lowest BCUT2D eigenvalue weighted by Gasteiger charge is -2.05. The van der Waals surface area contributed by atoms with Crippen LogP contribution in [0.1, 0.15) is 29.9 Å². The molecule has 1 aromatic carbocycles. The molecular formula is C12H15F2N. The highest BCUT2D eigenvalue weighted by atomic mass is 19.3. The van der Waals surface area contributed by atoms with E-state index in [2.05, 4.69) is 17.4 Å². The minimum absolute atomic E-state index is 0.232. The largest absolute Gasteiger partial charge is 0.307 e. The minimum Gasteiger partial charge on any atom is -0.307 e. The molecule has 82 valence electrons. The van der Waals surface area contributed by atoms with Gasteiger partial charge in [-0.05, 0) is 29.9 Å². The van der Waals surface area contributed by atoms with Crippen LogP contribution in [0.25, 0.3) is 0 Å². The van der Waals surface area contributed by atoms with E-state index in [9.17, 15) is 8.78 Å². The lowest BCUT2D eigenvalue weighted by Crippen LogP contribution is -2.20. The summed E-state index contributed by atoms with van der Waals surface area (Å²) in [4.78, 5) is 0. The van der Waals surface area contributed by atoms with Crippen LogP contribution in [0.5, 0.6) is 0 Å². The third-order valence-corrected chi connectivity index (χ3v) is 2.66. The number of hydrogen-bond donors (Lipinski definition) is 1. The van der Waals surface area contributed by atoms with Crippen LogP contribution in [0.4, 0.5) is 8.78 Å². The van der Waals surface area contributed by atoms with Gasteiger partial charge in [0.2, 0.25) is 0 Å². The van der Waals surface area contributed by atoms with Crippen molar-refractivity contribution in [2.24, 2.45) is 0 Å². The van der Waals surface area contributed by atoms with Gasteiger partial charge in [-0.1, -0.05) is 24.3 Å². The van der Waals surface area contributed by atoms with E-state index in [-0.39, 0.29) is 6.54 Å². The Labute approximate surface area is 88.5 Å². The summed E-state index contributed by atoms with van der Waals surface area (Å²) >= 11 is 0. The molecule has 1 aliphatic rings. The van der Waals surface area contributed by atoms with Gasteiger partial charge in [0.1, 0.15) is 0 Å². The average Bonchev–Trinajstić information content (AvgIpc) is 3.02. The van der Waals surface area contributed by atoms with Crippen LogP contribution in [0.2, 0.25) is 0 Å². The zero-order chi connectivity index (χ0) is 10.7. The third-order valence-electron chi connectivity index (χ3n) is 2.66. The molecule has 3 heteroatoms. The van der Waals surface area contributed by atoms with Gasteiger partial charge in [0.05, 0.1) is 6.54 Å². The number of benzene rings is 1. The third kappa shape index (κ3) is 3.27. The monoisotopic (exact) mass is 211 g/mol. The number of halogens is 2. The highest BCUT2D eigenvalue weighted by Gasteiger charge is 2.22. The molecule has 0 bridgehead atoms. The molecule has 0 atom stereocenters. The molecule has 0 unspecified atom stereocenters. The van der Waals surface area contributed by atoms with Crippen molar-refractivity contribution in [3.05, 3.63) is 35.4 Å². The van der Waals surface area contributed by atoms with Crippen molar-refractivity contribution < 1.29 is 8.78 Å². The fourth-order valence-corrected chi connectivity index (χ4v) is 1.65. The summed E-state index contributed by atoms with van der Waals surface area (Å²) in [5.41, 5.74) is 2.45. The van der Waals surface area contributed by atoms with Crippen molar-refractivity contribution >= 4 is 0 Å². The molecule has 0 saturated heterocycles. The van der Waals surface area contributed by atoms with E-state index in [1.807, 2.05) is 12.1 Å². The first-order valence-electron chi connectivity index (χ1n) is 5.33. The van der Waals surface area contributed by atoms with E-state index in [1.54, 1.807) is 0 Å². The van der Waals surface area contributed by atoms with Gasteiger partial charge in [-0.15, -0.1) is 0 Å². The Morgan fingerprint density at radius 1 is 1.20 bits per heavy atom. The van der Waals surface area contributed by atoms with Gasteiger partial charge in [-0.3, -0.25) is 0 Å². The summed E-state index contributed by atoms with van der Waals surface area (Å²) in [5.74, 6) is 0.757. The molecule has 1 saturated carbocycles. The number of hydrogen-bond acceptors (Lipinski definition) is 1. The molecule has 0 radical (unpaired) electrons. The Morgan fingerprint density at radius 2 is 1.87 bits per heavy atom. The van der Waals surface area contributed by atoms with E-state index in [1.165, 1.54) is 18.4 Å². The Morgan fingerprint density at radius 3 is 2.40 bits per heavy atom. The summed E-state index contributed by atoms with van der Waals surface area (Å²) in [6.07, 6.45) is 0.321. The second kappa shape index (κ2) is 4.71. The molecule has 0 spiro atoms. The highest BCUT2D eigenvalue weighted by Crippen LogP contribution is 2.39. The summed E-state index contributed by atoms with van der Waals surface area (Å²) in [6.45, 7) is 0.291. The molecule has 1 nitrogen and oxygen atoms in total. The lowest BCUT2D eigenvalue weighted by molar-refractivity contribution is 0.145. The molecule has 1 aliphatic carbocycles. The Kier molecular flexibility index (Phi) is 3.31. The van der Waals surface area contributed by atoms with Crippen LogP contribution in [0, 0.1) is 0 Å². The van der Waals surface area contributed by atoms with E-state index in [4.69, 9.17) is 0 Å². The fourth-order valence-electron chi connectivity index (χ4n) is 1.65. The van der Waals surface area contributed by atoms with E-state index < -0.39 is 6.43 Å². The maximum Gasteiger partial charge on any atom is 0.250 e. The van der Waals surface area contributed by atoms with Crippen molar-refractivity contribution in [3.63, 3.8) is 0 Å². The molecular weight excluding hydrogens is 196 g/mol. The van der Waals surface area contributed by atoms with E-state index in [0.717, 1.165) is 11.5 Å². The van der Waals surface area contributed by atoms with Crippen LogP contribution in [-0.2, 0) is 6.54 Å². The quantitative estimate of drug-likeness (QED) is 0.789. The van der Waals surface area contributed by atoms with Crippen molar-refractivity contribution in [2.75, 3.05) is 6.54 Å². The molecule has 0 heterocycles. The van der Waals surface area contributed by atoms with Gasteiger partial charge in [0.15, 0.2) is 0 Å². The Hall–Kier alpha value is -0.960. The summed E-state index contributed by atoms with van der Waals surface area (Å²) in [5, 5.41) is 2.72. The number of rotatable bonds is 5. The van der Waals surface area contributed by atoms with Crippen LogP contribution >= 0.6 is 0 Å². The van der Waals surface area contributed by atoms with Crippen LogP contribution in [0.3, 0.4) is 0 Å². The molecule has 0 amide bonds. The SMILES string of the molecule is FC(F)CNCc1ccc(C2CC2)cc1. The molecule has 1 aromatic rings. The van der Waals surface area contributed by atoms with Gasteiger partial charge in [0.25, 0.3) is 6.43 Å². The number of nitrogens with one attached hydrogen (secondary N) is 1. The second-order valence-corrected chi connectivity index (χ2v) is 4.04. The minimum atomic E-state index is -2.27. The average molecular weight is 211 g/mol. The zero-order valence-electron chi connectivity index (χ0n) is 8.55. The normalized spacial score (nSPS) is 15.9. The van der Waals surface area contributed by atoms with Gasteiger partial charge < -0.3 is 5.32 Å². The molecule has 15 heavy (non-hydrogen) atoms. The first-order chi connectivity index (χ1) is 7.25. The second-order valence-electron chi connectivity index (χ2n) is 4.04. The molecule has 1 fully saturated rings. The van der Waals surface area contributed by atoms with Gasteiger partial charge >= 0.3 is 0 Å². The maximum atomic E-state index is 11.9. The maximum absolute atomic E-state index is 11.9. The summed E-state index contributed by atoms with van der Waals surface area (Å²) in [6, 6.07) is 8.26. The molecule has 2 rings (SSSR count). The Bertz CT molecular complexity index is 304. The highest BCUT2D eigenvalue weighted by molar-refractivity contribution is 5.27. The van der Waals surface area contributed by atoms with Crippen molar-refractivity contribution in [2.45, 2.75) is 31.7 Å². The van der Waals surface area contributed by atoms with Gasteiger partial charge in [-0.25, -0.2) is 8.78 Å². The summed E-state index contributed by atoms with van der Waals surface area (Å²) in [7, 11) is 0. The van der Waals surface area contributed by atoms with Gasteiger partial charge in [0, 0.05) is 6.54 Å². The van der Waals surface area contributed by atoms with E-state index >= 15 is 0 Å². The first-order valence-corrected chi connectivity index (χ1v) is 5.33. The van der Waals surface area contributed by atoms with E-state index in [0.29, 0.717) is 6.54 Å². The van der Waals surface area contributed by atoms with Crippen molar-refractivity contribution in [3.8, 4) is 0 Å². The molecule has 0 aromatic heterocycles.